The molecule has 1 aromatic rings. The maximum Gasteiger partial charge on any atom is 0.0649 e. The third-order valence-electron chi connectivity index (χ3n) is 2.57. The van der Waals surface area contributed by atoms with Crippen LogP contribution < -0.4 is 0 Å². The van der Waals surface area contributed by atoms with E-state index in [4.69, 9.17) is 0 Å². The Labute approximate surface area is 79.5 Å². The summed E-state index contributed by atoms with van der Waals surface area (Å²) in [7, 11) is 0. The highest BCUT2D eigenvalue weighted by Crippen LogP contribution is 2.27. The lowest BCUT2D eigenvalue weighted by molar-refractivity contribution is 0.842. The van der Waals surface area contributed by atoms with Gasteiger partial charge in [-0.15, -0.1) is 0 Å². The number of nitrogens with zero attached hydrogens (tertiary/aromatic N) is 1. The molecule has 0 saturated heterocycles. The quantitative estimate of drug-likeness (QED) is 0.619. The average Bonchev–Trinajstić information content (AvgIpc) is 2.49. The van der Waals surface area contributed by atoms with Gasteiger partial charge in [-0.2, -0.15) is 0 Å². The molecule has 0 amide bonds. The number of aryl methyl sites for hydroxylation is 1. The van der Waals surface area contributed by atoms with Crippen molar-refractivity contribution >= 4 is 6.21 Å². The van der Waals surface area contributed by atoms with Gasteiger partial charge in [0, 0.05) is 6.21 Å². The van der Waals surface area contributed by atoms with Crippen LogP contribution >= 0.6 is 0 Å². The Kier molecular flexibility index (Phi) is 1.95. The number of rotatable bonds is 1. The van der Waals surface area contributed by atoms with Crippen molar-refractivity contribution in [1.29, 1.82) is 0 Å². The first kappa shape index (κ1) is 8.49. The van der Waals surface area contributed by atoms with Crippen molar-refractivity contribution in [2.24, 2.45) is 4.99 Å². The van der Waals surface area contributed by atoms with Crippen LogP contribution in [-0.4, -0.2) is 6.21 Å². The fourth-order valence-electron chi connectivity index (χ4n) is 1.92. The summed E-state index contributed by atoms with van der Waals surface area (Å²) in [5, 5.41) is 0. The zero-order valence-electron chi connectivity index (χ0n) is 8.46. The maximum absolute atomic E-state index is 4.31. The van der Waals surface area contributed by atoms with Crippen LogP contribution in [0.25, 0.3) is 0 Å². The Morgan fingerprint density at radius 1 is 1.31 bits per heavy atom. The van der Waals surface area contributed by atoms with Gasteiger partial charge in [-0.3, -0.25) is 4.99 Å². The second-order valence-electron chi connectivity index (χ2n) is 4.05. The fourth-order valence-corrected chi connectivity index (χ4v) is 1.92. The molecule has 0 aliphatic carbocycles. The molecule has 0 N–H and O–H groups in total. The molecule has 1 aliphatic heterocycles. The van der Waals surface area contributed by atoms with Gasteiger partial charge in [0.1, 0.15) is 0 Å². The van der Waals surface area contributed by atoms with Crippen LogP contribution in [0.15, 0.2) is 17.1 Å². The summed E-state index contributed by atoms with van der Waals surface area (Å²) in [4.78, 5) is 4.31. The van der Waals surface area contributed by atoms with E-state index >= 15 is 0 Å². The monoisotopic (exact) mass is 173 g/mol. The third kappa shape index (κ3) is 1.39. The van der Waals surface area contributed by atoms with Crippen molar-refractivity contribution < 1.29 is 0 Å². The van der Waals surface area contributed by atoms with E-state index in [1.165, 1.54) is 22.3 Å². The first-order chi connectivity index (χ1) is 6.18. The summed E-state index contributed by atoms with van der Waals surface area (Å²) in [6.07, 6.45) is 1.99. The van der Waals surface area contributed by atoms with Crippen molar-refractivity contribution in [3.05, 3.63) is 34.4 Å². The molecular formula is C12H15N. The zero-order chi connectivity index (χ0) is 9.42. The van der Waals surface area contributed by atoms with E-state index in [1.807, 2.05) is 6.21 Å². The highest BCUT2D eigenvalue weighted by molar-refractivity contribution is 5.85. The number of fused-ring (bicyclic) bond motifs is 1. The van der Waals surface area contributed by atoms with Crippen molar-refractivity contribution in [2.75, 3.05) is 0 Å². The molecule has 1 aromatic carbocycles. The molecule has 0 atom stereocenters. The molecule has 0 unspecified atom stereocenters. The van der Waals surface area contributed by atoms with E-state index in [1.54, 1.807) is 0 Å². The minimum Gasteiger partial charge on any atom is -0.288 e. The molecule has 0 bridgehead atoms. The van der Waals surface area contributed by atoms with Gasteiger partial charge >= 0.3 is 0 Å². The van der Waals surface area contributed by atoms with E-state index in [0.29, 0.717) is 5.92 Å². The van der Waals surface area contributed by atoms with Crippen LogP contribution in [-0.2, 0) is 6.54 Å². The van der Waals surface area contributed by atoms with Gasteiger partial charge in [0.05, 0.1) is 6.54 Å². The van der Waals surface area contributed by atoms with E-state index in [0.717, 1.165) is 6.54 Å². The van der Waals surface area contributed by atoms with Gasteiger partial charge in [0.25, 0.3) is 0 Å². The molecule has 13 heavy (non-hydrogen) atoms. The van der Waals surface area contributed by atoms with Gasteiger partial charge in [-0.1, -0.05) is 31.5 Å². The Morgan fingerprint density at radius 3 is 2.77 bits per heavy atom. The lowest BCUT2D eigenvalue weighted by Crippen LogP contribution is -1.97. The highest BCUT2D eigenvalue weighted by Gasteiger charge is 2.13. The predicted octanol–water partition coefficient (Wildman–Crippen LogP) is 3.05. The second-order valence-corrected chi connectivity index (χ2v) is 4.05. The van der Waals surface area contributed by atoms with Gasteiger partial charge in [0.2, 0.25) is 0 Å². The molecule has 0 spiro atoms. The Morgan fingerprint density at radius 2 is 2.08 bits per heavy atom. The molecule has 1 heterocycles. The summed E-state index contributed by atoms with van der Waals surface area (Å²) >= 11 is 0. The summed E-state index contributed by atoms with van der Waals surface area (Å²) in [6.45, 7) is 7.52. The SMILES string of the molecule is Cc1cc2c(c(C(C)C)c1)CN=C2. The van der Waals surface area contributed by atoms with Crippen LogP contribution in [0.4, 0.5) is 0 Å². The molecule has 68 valence electrons. The Balaban J connectivity index is 2.59. The van der Waals surface area contributed by atoms with E-state index in [2.05, 4.69) is 37.9 Å². The Bertz CT molecular complexity index is 362. The van der Waals surface area contributed by atoms with E-state index in [-0.39, 0.29) is 0 Å². The first-order valence-corrected chi connectivity index (χ1v) is 4.81. The largest absolute Gasteiger partial charge is 0.288 e. The topological polar surface area (TPSA) is 12.4 Å². The van der Waals surface area contributed by atoms with Gasteiger partial charge in [-0.25, -0.2) is 0 Å². The maximum atomic E-state index is 4.31. The molecule has 0 aromatic heterocycles. The van der Waals surface area contributed by atoms with Crippen molar-refractivity contribution in [3.63, 3.8) is 0 Å². The van der Waals surface area contributed by atoms with Crippen molar-refractivity contribution in [3.8, 4) is 0 Å². The number of aliphatic imine (C=N–C) groups is 1. The summed E-state index contributed by atoms with van der Waals surface area (Å²) < 4.78 is 0. The van der Waals surface area contributed by atoms with Crippen LogP contribution in [0.5, 0.6) is 0 Å². The molecule has 1 aliphatic rings. The predicted molar refractivity (Wildman–Crippen MR) is 56.6 cm³/mol. The molecule has 2 rings (SSSR count). The fraction of sp³-hybridized carbons (Fsp3) is 0.417. The first-order valence-electron chi connectivity index (χ1n) is 4.81. The van der Waals surface area contributed by atoms with Gasteiger partial charge in [-0.05, 0) is 29.5 Å². The average molecular weight is 173 g/mol. The van der Waals surface area contributed by atoms with Crippen LogP contribution in [0.1, 0.15) is 42.0 Å². The van der Waals surface area contributed by atoms with E-state index in [9.17, 15) is 0 Å². The minimum atomic E-state index is 0.607. The molecule has 1 heteroatoms. The van der Waals surface area contributed by atoms with Gasteiger partial charge in [0.15, 0.2) is 0 Å². The third-order valence-corrected chi connectivity index (χ3v) is 2.57. The van der Waals surface area contributed by atoms with E-state index < -0.39 is 0 Å². The molecular weight excluding hydrogens is 158 g/mol. The molecule has 0 saturated carbocycles. The molecule has 0 radical (unpaired) electrons. The minimum absolute atomic E-state index is 0.607. The number of hydrogen-bond donors (Lipinski definition) is 0. The zero-order valence-corrected chi connectivity index (χ0v) is 8.46. The lowest BCUT2D eigenvalue weighted by Gasteiger charge is -2.12. The standard InChI is InChI=1S/C12H15N/c1-8(2)11-5-9(3)4-10-6-13-7-12(10)11/h4-6,8H,7H2,1-3H3. The van der Waals surface area contributed by atoms with Crippen LogP contribution in [0, 0.1) is 6.92 Å². The summed E-state index contributed by atoms with van der Waals surface area (Å²) in [5.74, 6) is 0.607. The molecule has 0 fully saturated rings. The summed E-state index contributed by atoms with van der Waals surface area (Å²) in [5.41, 5.74) is 5.56. The smallest absolute Gasteiger partial charge is 0.0649 e. The Hall–Kier alpha value is -1.11. The number of benzene rings is 1. The van der Waals surface area contributed by atoms with Crippen LogP contribution in [0.3, 0.4) is 0 Å². The normalized spacial score (nSPS) is 13.8. The highest BCUT2D eigenvalue weighted by atomic mass is 14.7. The van der Waals surface area contributed by atoms with Crippen LogP contribution in [0.2, 0.25) is 0 Å². The van der Waals surface area contributed by atoms with Gasteiger partial charge < -0.3 is 0 Å². The summed E-state index contributed by atoms with van der Waals surface area (Å²) in [6, 6.07) is 4.51. The second kappa shape index (κ2) is 2.99. The lowest BCUT2D eigenvalue weighted by atomic mass is 9.93. The van der Waals surface area contributed by atoms with Crippen molar-refractivity contribution in [1.82, 2.24) is 0 Å². The number of hydrogen-bond acceptors (Lipinski definition) is 1. The molecule has 1 nitrogen and oxygen atoms in total. The van der Waals surface area contributed by atoms with Crippen molar-refractivity contribution in [2.45, 2.75) is 33.2 Å².